The molecule has 2 heterocycles. The van der Waals surface area contributed by atoms with Crippen LogP contribution in [0.5, 0.6) is 11.6 Å². The summed E-state index contributed by atoms with van der Waals surface area (Å²) in [6.45, 7) is 1.32. The van der Waals surface area contributed by atoms with Crippen molar-refractivity contribution < 1.29 is 23.0 Å². The van der Waals surface area contributed by atoms with E-state index in [1.165, 1.54) is 12.1 Å². The molecule has 0 saturated heterocycles. The van der Waals surface area contributed by atoms with Gasteiger partial charge in [0, 0.05) is 32.8 Å². The van der Waals surface area contributed by atoms with E-state index in [4.69, 9.17) is 4.74 Å². The van der Waals surface area contributed by atoms with Crippen molar-refractivity contribution in [2.45, 2.75) is 39.8 Å². The number of rotatable bonds is 8. The third-order valence-electron chi connectivity index (χ3n) is 5.27. The molecule has 0 N–H and O–H groups in total. The summed E-state index contributed by atoms with van der Waals surface area (Å²) in [4.78, 5) is 18.9. The Kier molecular flexibility index (Phi) is 6.72. The van der Waals surface area contributed by atoms with Gasteiger partial charge in [-0.15, -0.1) is 5.10 Å². The fraction of sp³-hybridized carbons (Fsp3) is 0.409. The molecule has 0 atom stereocenters. The Balaban J connectivity index is 1.71. The third-order valence-corrected chi connectivity index (χ3v) is 5.27. The number of hydrogen-bond acceptors (Lipinski definition) is 5. The van der Waals surface area contributed by atoms with Crippen LogP contribution < -0.4 is 9.47 Å². The Hall–Kier alpha value is -3.23. The van der Waals surface area contributed by atoms with E-state index in [-0.39, 0.29) is 11.7 Å². The molecule has 0 aliphatic heterocycles. The van der Waals surface area contributed by atoms with E-state index in [9.17, 15) is 13.6 Å². The number of pyridine rings is 1. The maximum Gasteiger partial charge on any atom is 0.387 e. The Morgan fingerprint density at radius 1 is 1.29 bits per heavy atom. The molecule has 1 aromatic carbocycles. The Labute approximate surface area is 179 Å². The van der Waals surface area contributed by atoms with Gasteiger partial charge in [0.05, 0.1) is 12.5 Å². The van der Waals surface area contributed by atoms with Gasteiger partial charge < -0.3 is 14.4 Å². The number of alkyl halides is 2. The number of hydrogen-bond donors (Lipinski definition) is 0. The van der Waals surface area contributed by atoms with E-state index >= 15 is 0 Å². The number of aromatic nitrogens is 3. The largest absolute Gasteiger partial charge is 0.479 e. The summed E-state index contributed by atoms with van der Waals surface area (Å²) in [6.07, 6.45) is 0.817. The summed E-state index contributed by atoms with van der Waals surface area (Å²) >= 11 is 0. The highest BCUT2D eigenvalue weighted by molar-refractivity contribution is 5.86. The number of carbonyl (C=O) groups excluding carboxylic acids is 1. The van der Waals surface area contributed by atoms with Crippen LogP contribution in [-0.2, 0) is 24.8 Å². The minimum Gasteiger partial charge on any atom is -0.479 e. The van der Waals surface area contributed by atoms with Crippen LogP contribution in [-0.4, -0.2) is 46.3 Å². The van der Waals surface area contributed by atoms with Gasteiger partial charge in [-0.05, 0) is 49.1 Å². The molecule has 7 nitrogen and oxygen atoms in total. The smallest absolute Gasteiger partial charge is 0.387 e. The lowest BCUT2D eigenvalue weighted by molar-refractivity contribution is -0.130. The van der Waals surface area contributed by atoms with Crippen molar-refractivity contribution >= 4 is 16.9 Å². The molecule has 0 saturated carbocycles. The van der Waals surface area contributed by atoms with Crippen molar-refractivity contribution in [3.63, 3.8) is 0 Å². The maximum absolute atomic E-state index is 12.7. The molecule has 3 aromatic rings. The molecule has 31 heavy (non-hydrogen) atoms. The van der Waals surface area contributed by atoms with Gasteiger partial charge in [0.2, 0.25) is 11.8 Å². The predicted octanol–water partition coefficient (Wildman–Crippen LogP) is 3.79. The SMILES string of the molecule is COc1nn(C)c2nc(C)c(CCC(=O)N(C)Cc3cccc(OC(F)F)c3)c(C)c12. The first-order chi connectivity index (χ1) is 14.7. The molecule has 1 amide bonds. The highest BCUT2D eigenvalue weighted by atomic mass is 19.3. The summed E-state index contributed by atoms with van der Waals surface area (Å²) in [7, 11) is 5.07. The Morgan fingerprint density at radius 2 is 2.03 bits per heavy atom. The number of ether oxygens (including phenoxy) is 2. The second kappa shape index (κ2) is 9.28. The summed E-state index contributed by atoms with van der Waals surface area (Å²) in [5.41, 5.74) is 4.30. The molecule has 0 fully saturated rings. The second-order valence-corrected chi connectivity index (χ2v) is 7.41. The topological polar surface area (TPSA) is 69.5 Å². The molecule has 166 valence electrons. The zero-order valence-corrected chi connectivity index (χ0v) is 18.3. The molecular formula is C22H26F2N4O3. The average Bonchev–Trinajstić information content (AvgIpc) is 3.03. The van der Waals surface area contributed by atoms with Crippen LogP contribution in [0, 0.1) is 13.8 Å². The Bertz CT molecular complexity index is 1100. The first kappa shape index (κ1) is 22.5. The van der Waals surface area contributed by atoms with Gasteiger partial charge in [0.15, 0.2) is 5.65 Å². The van der Waals surface area contributed by atoms with Gasteiger partial charge in [0.1, 0.15) is 5.75 Å². The minimum absolute atomic E-state index is 0.0581. The zero-order chi connectivity index (χ0) is 22.7. The van der Waals surface area contributed by atoms with Crippen molar-refractivity contribution in [2.24, 2.45) is 7.05 Å². The van der Waals surface area contributed by atoms with Gasteiger partial charge in [-0.25, -0.2) is 9.67 Å². The fourth-order valence-electron chi connectivity index (χ4n) is 3.71. The average molecular weight is 432 g/mol. The lowest BCUT2D eigenvalue weighted by atomic mass is 10.00. The van der Waals surface area contributed by atoms with Crippen molar-refractivity contribution in [3.05, 3.63) is 46.6 Å². The highest BCUT2D eigenvalue weighted by Crippen LogP contribution is 2.30. The van der Waals surface area contributed by atoms with Crippen LogP contribution in [0.2, 0.25) is 0 Å². The fourth-order valence-corrected chi connectivity index (χ4v) is 3.71. The predicted molar refractivity (Wildman–Crippen MR) is 112 cm³/mol. The molecule has 0 unspecified atom stereocenters. The van der Waals surface area contributed by atoms with Crippen LogP contribution >= 0.6 is 0 Å². The van der Waals surface area contributed by atoms with Crippen LogP contribution in [0.25, 0.3) is 11.0 Å². The number of nitrogens with zero attached hydrogens (tertiary/aromatic N) is 4. The number of fused-ring (bicyclic) bond motifs is 1. The summed E-state index contributed by atoms with van der Waals surface area (Å²) in [5, 5.41) is 5.20. The van der Waals surface area contributed by atoms with Crippen molar-refractivity contribution in [3.8, 4) is 11.6 Å². The van der Waals surface area contributed by atoms with Gasteiger partial charge in [-0.2, -0.15) is 8.78 Å². The lowest BCUT2D eigenvalue weighted by Crippen LogP contribution is -2.26. The number of amides is 1. The summed E-state index contributed by atoms with van der Waals surface area (Å²) in [5.74, 6) is 0.528. The lowest BCUT2D eigenvalue weighted by Gasteiger charge is -2.18. The second-order valence-electron chi connectivity index (χ2n) is 7.41. The van der Waals surface area contributed by atoms with Crippen molar-refractivity contribution in [2.75, 3.05) is 14.2 Å². The molecular weight excluding hydrogens is 406 g/mol. The molecule has 9 heteroatoms. The number of halogens is 2. The highest BCUT2D eigenvalue weighted by Gasteiger charge is 2.19. The zero-order valence-electron chi connectivity index (χ0n) is 18.3. The van der Waals surface area contributed by atoms with E-state index in [1.807, 2.05) is 20.9 Å². The van der Waals surface area contributed by atoms with E-state index in [0.29, 0.717) is 30.8 Å². The number of carbonyl (C=O) groups is 1. The first-order valence-electron chi connectivity index (χ1n) is 9.85. The molecule has 0 spiro atoms. The Morgan fingerprint density at radius 3 is 2.71 bits per heavy atom. The van der Waals surface area contributed by atoms with E-state index < -0.39 is 6.61 Å². The quantitative estimate of drug-likeness (QED) is 0.542. The van der Waals surface area contributed by atoms with Crippen LogP contribution in [0.15, 0.2) is 24.3 Å². The van der Waals surface area contributed by atoms with E-state index in [2.05, 4.69) is 14.8 Å². The normalized spacial score (nSPS) is 11.2. The third kappa shape index (κ3) is 4.92. The first-order valence-corrected chi connectivity index (χ1v) is 9.85. The number of benzene rings is 1. The molecule has 0 aliphatic rings. The van der Waals surface area contributed by atoms with Crippen molar-refractivity contribution in [1.82, 2.24) is 19.7 Å². The van der Waals surface area contributed by atoms with Crippen molar-refractivity contribution in [1.29, 1.82) is 0 Å². The monoisotopic (exact) mass is 432 g/mol. The number of methoxy groups -OCH3 is 1. The maximum atomic E-state index is 12.7. The number of aryl methyl sites for hydroxylation is 3. The van der Waals surface area contributed by atoms with Crippen LogP contribution in [0.4, 0.5) is 8.78 Å². The molecule has 3 rings (SSSR count). The van der Waals surface area contributed by atoms with Crippen LogP contribution in [0.3, 0.4) is 0 Å². The van der Waals surface area contributed by atoms with Gasteiger partial charge >= 0.3 is 6.61 Å². The van der Waals surface area contributed by atoms with Gasteiger partial charge in [-0.1, -0.05) is 12.1 Å². The van der Waals surface area contributed by atoms with Gasteiger partial charge in [-0.3, -0.25) is 4.79 Å². The van der Waals surface area contributed by atoms with E-state index in [0.717, 1.165) is 27.9 Å². The molecule has 0 aliphatic carbocycles. The van der Waals surface area contributed by atoms with Crippen LogP contribution in [0.1, 0.15) is 28.8 Å². The standard InChI is InChI=1S/C22H26F2N4O3/c1-13-17(14(2)25-20-19(13)21(30-5)26-28(20)4)9-10-18(29)27(3)12-15-7-6-8-16(11-15)31-22(23)24/h6-8,11,22H,9-10,12H2,1-5H3. The molecule has 2 aromatic heterocycles. The van der Waals surface area contributed by atoms with E-state index in [1.54, 1.807) is 35.9 Å². The minimum atomic E-state index is -2.88. The van der Waals surface area contributed by atoms with Gasteiger partial charge in [0.25, 0.3) is 0 Å². The molecule has 0 radical (unpaired) electrons. The summed E-state index contributed by atoms with van der Waals surface area (Å²) in [6, 6.07) is 6.36. The summed E-state index contributed by atoms with van der Waals surface area (Å²) < 4.78 is 36.3. The molecule has 0 bridgehead atoms.